The second kappa shape index (κ2) is 7.66. The van der Waals surface area contributed by atoms with Crippen molar-refractivity contribution in [1.29, 1.82) is 0 Å². The summed E-state index contributed by atoms with van der Waals surface area (Å²) in [4.78, 5) is 12.7. The van der Waals surface area contributed by atoms with Gasteiger partial charge in [-0.05, 0) is 30.3 Å². The molecule has 0 fully saturated rings. The summed E-state index contributed by atoms with van der Waals surface area (Å²) >= 11 is 5.80. The van der Waals surface area contributed by atoms with Crippen molar-refractivity contribution >= 4 is 23.3 Å². The van der Waals surface area contributed by atoms with Crippen LogP contribution >= 0.6 is 11.6 Å². The van der Waals surface area contributed by atoms with E-state index in [0.717, 1.165) is 16.9 Å². The molecule has 4 aromatic rings. The Bertz CT molecular complexity index is 1130. The van der Waals surface area contributed by atoms with Crippen LogP contribution in [0.4, 0.5) is 10.2 Å². The van der Waals surface area contributed by atoms with Crippen LogP contribution in [0.15, 0.2) is 84.9 Å². The van der Waals surface area contributed by atoms with Gasteiger partial charge in [-0.25, -0.2) is 9.07 Å². The van der Waals surface area contributed by atoms with E-state index in [-0.39, 0.29) is 10.6 Å². The zero-order valence-corrected chi connectivity index (χ0v) is 15.4. The van der Waals surface area contributed by atoms with Crippen LogP contribution in [0.3, 0.4) is 0 Å². The zero-order valence-electron chi connectivity index (χ0n) is 14.6. The quantitative estimate of drug-likeness (QED) is 0.493. The van der Waals surface area contributed by atoms with Crippen LogP contribution in [-0.2, 0) is 0 Å². The highest BCUT2D eigenvalue weighted by Gasteiger charge is 2.15. The molecule has 0 aliphatic heterocycles. The van der Waals surface area contributed by atoms with E-state index in [9.17, 15) is 9.18 Å². The molecular weight excluding hydrogens is 377 g/mol. The molecule has 4 rings (SSSR count). The Morgan fingerprint density at radius 3 is 2.29 bits per heavy atom. The first kappa shape index (κ1) is 17.9. The zero-order chi connectivity index (χ0) is 19.5. The summed E-state index contributed by atoms with van der Waals surface area (Å²) in [6.45, 7) is 0. The van der Waals surface area contributed by atoms with Gasteiger partial charge in [0.15, 0.2) is 0 Å². The highest BCUT2D eigenvalue weighted by Crippen LogP contribution is 2.25. The fourth-order valence-electron chi connectivity index (χ4n) is 2.81. The average molecular weight is 392 g/mol. The van der Waals surface area contributed by atoms with Crippen molar-refractivity contribution in [2.45, 2.75) is 0 Å². The lowest BCUT2D eigenvalue weighted by Gasteiger charge is -2.09. The first-order valence-corrected chi connectivity index (χ1v) is 8.97. The third-order valence-electron chi connectivity index (χ3n) is 4.20. The number of aromatic nitrogens is 2. The van der Waals surface area contributed by atoms with Crippen molar-refractivity contribution in [1.82, 2.24) is 9.78 Å². The number of nitrogens with zero attached hydrogens (tertiary/aromatic N) is 2. The molecule has 0 radical (unpaired) electrons. The molecule has 0 saturated carbocycles. The SMILES string of the molecule is O=C(Nc1cc(-c2ccccc2)nn1-c1ccccc1)c1ccc(F)c(Cl)c1. The summed E-state index contributed by atoms with van der Waals surface area (Å²) in [6.07, 6.45) is 0. The Balaban J connectivity index is 1.73. The van der Waals surface area contributed by atoms with Crippen LogP contribution < -0.4 is 5.32 Å². The Labute approximate surface area is 166 Å². The van der Waals surface area contributed by atoms with Gasteiger partial charge in [-0.1, -0.05) is 60.1 Å². The molecule has 1 heterocycles. The normalized spacial score (nSPS) is 10.6. The number of amides is 1. The number of nitrogens with one attached hydrogen (secondary N) is 1. The first-order valence-electron chi connectivity index (χ1n) is 8.59. The number of hydrogen-bond acceptors (Lipinski definition) is 2. The van der Waals surface area contributed by atoms with Gasteiger partial charge in [-0.15, -0.1) is 0 Å². The molecule has 0 atom stereocenters. The van der Waals surface area contributed by atoms with Crippen LogP contribution in [0.1, 0.15) is 10.4 Å². The fraction of sp³-hybridized carbons (Fsp3) is 0. The smallest absolute Gasteiger partial charge is 0.256 e. The van der Waals surface area contributed by atoms with Gasteiger partial charge in [-0.2, -0.15) is 5.10 Å². The number of carbonyl (C=O) groups excluding carboxylic acids is 1. The van der Waals surface area contributed by atoms with E-state index in [2.05, 4.69) is 10.4 Å². The monoisotopic (exact) mass is 391 g/mol. The van der Waals surface area contributed by atoms with E-state index in [0.29, 0.717) is 5.82 Å². The number of hydrogen-bond donors (Lipinski definition) is 1. The van der Waals surface area contributed by atoms with Gasteiger partial charge >= 0.3 is 0 Å². The van der Waals surface area contributed by atoms with Gasteiger partial charge in [0.25, 0.3) is 5.91 Å². The van der Waals surface area contributed by atoms with Gasteiger partial charge < -0.3 is 5.32 Å². The predicted octanol–water partition coefficient (Wildman–Crippen LogP) is 5.58. The molecule has 1 N–H and O–H groups in total. The van der Waals surface area contributed by atoms with Gasteiger partial charge in [0, 0.05) is 17.2 Å². The molecule has 4 nitrogen and oxygen atoms in total. The average Bonchev–Trinajstić information content (AvgIpc) is 3.15. The molecule has 1 amide bonds. The summed E-state index contributed by atoms with van der Waals surface area (Å²) in [7, 11) is 0. The van der Waals surface area contributed by atoms with Crippen molar-refractivity contribution in [2.75, 3.05) is 5.32 Å². The highest BCUT2D eigenvalue weighted by atomic mass is 35.5. The summed E-state index contributed by atoms with van der Waals surface area (Å²) in [6, 6.07) is 24.8. The third kappa shape index (κ3) is 3.66. The van der Waals surface area contributed by atoms with E-state index in [1.807, 2.05) is 60.7 Å². The summed E-state index contributed by atoms with van der Waals surface area (Å²) in [5, 5.41) is 7.38. The number of para-hydroxylation sites is 1. The lowest BCUT2D eigenvalue weighted by atomic mass is 10.1. The van der Waals surface area contributed by atoms with E-state index >= 15 is 0 Å². The molecular formula is C22H15ClFN3O. The number of benzene rings is 3. The standard InChI is InChI=1S/C22H15ClFN3O/c23-18-13-16(11-12-19(18)24)22(28)25-21-14-20(15-7-3-1-4-8-15)26-27(21)17-9-5-2-6-10-17/h1-14H,(H,25,28). The number of carbonyl (C=O) groups is 1. The molecule has 0 unspecified atom stereocenters. The van der Waals surface area contributed by atoms with Crippen molar-refractivity contribution in [3.8, 4) is 16.9 Å². The molecule has 0 spiro atoms. The summed E-state index contributed by atoms with van der Waals surface area (Å²) in [5.41, 5.74) is 2.71. The maximum Gasteiger partial charge on any atom is 0.256 e. The minimum absolute atomic E-state index is 0.103. The van der Waals surface area contributed by atoms with Crippen LogP contribution in [0.5, 0.6) is 0 Å². The maximum absolute atomic E-state index is 13.4. The van der Waals surface area contributed by atoms with Crippen molar-refractivity contribution in [2.24, 2.45) is 0 Å². The van der Waals surface area contributed by atoms with Crippen LogP contribution in [0.25, 0.3) is 16.9 Å². The Hall–Kier alpha value is -3.44. The molecule has 0 saturated heterocycles. The van der Waals surface area contributed by atoms with E-state index in [1.54, 1.807) is 10.7 Å². The second-order valence-electron chi connectivity index (χ2n) is 6.11. The molecule has 0 aliphatic carbocycles. The lowest BCUT2D eigenvalue weighted by Crippen LogP contribution is -2.15. The molecule has 6 heteroatoms. The topological polar surface area (TPSA) is 46.9 Å². The first-order chi connectivity index (χ1) is 13.6. The third-order valence-corrected chi connectivity index (χ3v) is 4.49. The highest BCUT2D eigenvalue weighted by molar-refractivity contribution is 6.31. The van der Waals surface area contributed by atoms with Gasteiger partial charge in [-0.3, -0.25) is 4.79 Å². The van der Waals surface area contributed by atoms with E-state index in [4.69, 9.17) is 11.6 Å². The van der Waals surface area contributed by atoms with Crippen LogP contribution in [0, 0.1) is 5.82 Å². The van der Waals surface area contributed by atoms with Crippen molar-refractivity contribution in [3.05, 3.63) is 101 Å². The minimum Gasteiger partial charge on any atom is -0.306 e. The van der Waals surface area contributed by atoms with Gasteiger partial charge in [0.2, 0.25) is 0 Å². The van der Waals surface area contributed by atoms with Crippen LogP contribution in [0.2, 0.25) is 5.02 Å². The molecule has 1 aromatic heterocycles. The van der Waals surface area contributed by atoms with Crippen LogP contribution in [-0.4, -0.2) is 15.7 Å². The molecule has 138 valence electrons. The van der Waals surface area contributed by atoms with E-state index in [1.165, 1.54) is 18.2 Å². The fourth-order valence-corrected chi connectivity index (χ4v) is 2.99. The van der Waals surface area contributed by atoms with Crippen molar-refractivity contribution < 1.29 is 9.18 Å². The maximum atomic E-state index is 13.4. The van der Waals surface area contributed by atoms with E-state index < -0.39 is 11.7 Å². The number of rotatable bonds is 4. The number of halogens is 2. The summed E-state index contributed by atoms with van der Waals surface area (Å²) < 4.78 is 15.0. The minimum atomic E-state index is -0.570. The van der Waals surface area contributed by atoms with Crippen molar-refractivity contribution in [3.63, 3.8) is 0 Å². The Kier molecular flexibility index (Phi) is 4.91. The molecule has 0 bridgehead atoms. The number of anilines is 1. The second-order valence-corrected chi connectivity index (χ2v) is 6.52. The molecule has 28 heavy (non-hydrogen) atoms. The Morgan fingerprint density at radius 2 is 1.61 bits per heavy atom. The van der Waals surface area contributed by atoms with Gasteiger partial charge in [0.1, 0.15) is 11.6 Å². The largest absolute Gasteiger partial charge is 0.306 e. The summed E-state index contributed by atoms with van der Waals surface area (Å²) in [5.74, 6) is -0.479. The van der Waals surface area contributed by atoms with Gasteiger partial charge in [0.05, 0.1) is 16.4 Å². The predicted molar refractivity (Wildman–Crippen MR) is 108 cm³/mol. The molecule has 0 aliphatic rings. The Morgan fingerprint density at radius 1 is 0.929 bits per heavy atom. The molecule has 3 aromatic carbocycles. The lowest BCUT2D eigenvalue weighted by molar-refractivity contribution is 0.102.